The van der Waals surface area contributed by atoms with Crippen molar-refractivity contribution in [2.75, 3.05) is 18.9 Å². The molecule has 0 spiro atoms. The van der Waals surface area contributed by atoms with Gasteiger partial charge in [0.05, 0.1) is 18.6 Å². The SMILES string of the molecule is C=C/C=C/OCONc1ccc2[nH]c(C(=O)OCC)cc2c1. The predicted molar refractivity (Wildman–Crippen MR) is 84.3 cm³/mol. The van der Waals surface area contributed by atoms with E-state index >= 15 is 0 Å². The summed E-state index contributed by atoms with van der Waals surface area (Å²) < 4.78 is 10.0. The molecule has 0 saturated carbocycles. The predicted octanol–water partition coefficient (Wildman–Crippen LogP) is 3.36. The third kappa shape index (κ3) is 4.13. The van der Waals surface area contributed by atoms with Crippen molar-refractivity contribution < 1.29 is 19.1 Å². The number of aromatic nitrogens is 1. The Morgan fingerprint density at radius 3 is 3.05 bits per heavy atom. The molecule has 1 heterocycles. The Balaban J connectivity index is 1.96. The molecule has 2 aromatic rings. The third-order valence-electron chi connectivity index (χ3n) is 2.74. The quantitative estimate of drug-likeness (QED) is 0.195. The molecule has 0 unspecified atom stereocenters. The summed E-state index contributed by atoms with van der Waals surface area (Å²) in [6.07, 6.45) is 4.75. The molecule has 6 heteroatoms. The van der Waals surface area contributed by atoms with Crippen LogP contribution in [0.3, 0.4) is 0 Å². The van der Waals surface area contributed by atoms with Gasteiger partial charge in [-0.1, -0.05) is 12.7 Å². The lowest BCUT2D eigenvalue weighted by molar-refractivity contribution is 0.0184. The minimum atomic E-state index is -0.369. The van der Waals surface area contributed by atoms with Gasteiger partial charge in [-0.25, -0.2) is 9.63 Å². The highest BCUT2D eigenvalue weighted by Gasteiger charge is 2.10. The average Bonchev–Trinajstić information content (AvgIpc) is 2.94. The largest absolute Gasteiger partial charge is 0.473 e. The van der Waals surface area contributed by atoms with Crippen LogP contribution in [0.4, 0.5) is 5.69 Å². The zero-order valence-corrected chi connectivity index (χ0v) is 12.3. The number of anilines is 1. The van der Waals surface area contributed by atoms with Crippen LogP contribution >= 0.6 is 0 Å². The van der Waals surface area contributed by atoms with Crippen molar-refractivity contribution in [2.45, 2.75) is 6.92 Å². The highest BCUT2D eigenvalue weighted by atomic mass is 16.7. The van der Waals surface area contributed by atoms with Crippen molar-refractivity contribution in [3.05, 3.63) is 55.0 Å². The number of rotatable bonds is 8. The summed E-state index contributed by atoms with van der Waals surface area (Å²) in [5.41, 5.74) is 4.78. The Morgan fingerprint density at radius 1 is 1.41 bits per heavy atom. The maximum atomic E-state index is 11.7. The van der Waals surface area contributed by atoms with Gasteiger partial charge in [-0.3, -0.25) is 5.48 Å². The maximum absolute atomic E-state index is 11.7. The summed E-state index contributed by atoms with van der Waals surface area (Å²) in [4.78, 5) is 19.8. The lowest BCUT2D eigenvalue weighted by Gasteiger charge is -2.06. The number of nitrogens with one attached hydrogen (secondary N) is 2. The monoisotopic (exact) mass is 302 g/mol. The van der Waals surface area contributed by atoms with Crippen LogP contribution in [0, 0.1) is 0 Å². The second kappa shape index (κ2) is 7.90. The van der Waals surface area contributed by atoms with E-state index in [0.29, 0.717) is 12.3 Å². The molecule has 116 valence electrons. The van der Waals surface area contributed by atoms with Crippen LogP contribution in [0.15, 0.2) is 49.3 Å². The Hall–Kier alpha value is -2.73. The van der Waals surface area contributed by atoms with Crippen LogP contribution in [0.5, 0.6) is 0 Å². The van der Waals surface area contributed by atoms with Gasteiger partial charge in [0, 0.05) is 10.9 Å². The van der Waals surface area contributed by atoms with E-state index in [9.17, 15) is 4.79 Å². The van der Waals surface area contributed by atoms with Crippen molar-refractivity contribution in [1.82, 2.24) is 4.98 Å². The van der Waals surface area contributed by atoms with Crippen LogP contribution in [-0.4, -0.2) is 24.4 Å². The molecule has 1 aromatic carbocycles. The van der Waals surface area contributed by atoms with Gasteiger partial charge in [0.25, 0.3) is 0 Å². The van der Waals surface area contributed by atoms with Gasteiger partial charge >= 0.3 is 5.97 Å². The molecule has 0 atom stereocenters. The van der Waals surface area contributed by atoms with E-state index in [0.717, 1.165) is 16.6 Å². The Kier molecular flexibility index (Phi) is 5.62. The Morgan fingerprint density at radius 2 is 2.27 bits per heavy atom. The normalized spacial score (nSPS) is 10.8. The maximum Gasteiger partial charge on any atom is 0.354 e. The first-order valence-corrected chi connectivity index (χ1v) is 6.81. The number of benzene rings is 1. The topological polar surface area (TPSA) is 72.6 Å². The number of allylic oxidation sites excluding steroid dienone is 2. The summed E-state index contributed by atoms with van der Waals surface area (Å²) in [5, 5.41) is 0.879. The molecule has 2 rings (SSSR count). The van der Waals surface area contributed by atoms with Crippen LogP contribution in [0.25, 0.3) is 10.9 Å². The van der Waals surface area contributed by atoms with Crippen LogP contribution in [0.1, 0.15) is 17.4 Å². The van der Waals surface area contributed by atoms with E-state index in [1.54, 1.807) is 25.1 Å². The molecule has 0 saturated heterocycles. The summed E-state index contributed by atoms with van der Waals surface area (Å²) >= 11 is 0. The Bertz CT molecular complexity index is 676. The number of hydrogen-bond acceptors (Lipinski definition) is 5. The number of esters is 1. The van der Waals surface area contributed by atoms with Gasteiger partial charge in [-0.2, -0.15) is 0 Å². The van der Waals surface area contributed by atoms with Gasteiger partial charge in [0.1, 0.15) is 5.69 Å². The van der Waals surface area contributed by atoms with Crippen molar-refractivity contribution in [3.63, 3.8) is 0 Å². The van der Waals surface area contributed by atoms with Gasteiger partial charge < -0.3 is 14.5 Å². The fourth-order valence-electron chi connectivity index (χ4n) is 1.81. The van der Waals surface area contributed by atoms with Crippen molar-refractivity contribution in [1.29, 1.82) is 0 Å². The van der Waals surface area contributed by atoms with E-state index in [-0.39, 0.29) is 12.8 Å². The standard InChI is InChI=1S/C16H18N2O4/c1-3-5-8-20-11-22-18-13-6-7-14-12(9-13)10-15(17-14)16(19)21-4-2/h3,5-10,17-18H,1,4,11H2,2H3/b8-5+. The second-order valence-electron chi connectivity index (χ2n) is 4.30. The molecule has 0 amide bonds. The van der Waals surface area contributed by atoms with Crippen molar-refractivity contribution >= 4 is 22.6 Å². The van der Waals surface area contributed by atoms with Gasteiger partial charge in [-0.15, -0.1) is 0 Å². The van der Waals surface area contributed by atoms with E-state index in [1.807, 2.05) is 18.2 Å². The molecule has 0 bridgehead atoms. The Labute approximate surface area is 128 Å². The van der Waals surface area contributed by atoms with Crippen LogP contribution < -0.4 is 5.48 Å². The summed E-state index contributed by atoms with van der Waals surface area (Å²) in [6.45, 7) is 5.69. The van der Waals surface area contributed by atoms with Crippen LogP contribution in [0.2, 0.25) is 0 Å². The fraction of sp³-hybridized carbons (Fsp3) is 0.188. The molecule has 0 radical (unpaired) electrons. The van der Waals surface area contributed by atoms with E-state index in [4.69, 9.17) is 14.3 Å². The summed E-state index contributed by atoms with van der Waals surface area (Å²) in [7, 11) is 0. The number of hydrogen-bond donors (Lipinski definition) is 2. The van der Waals surface area contributed by atoms with Gasteiger partial charge in [0.2, 0.25) is 6.79 Å². The number of H-pyrrole nitrogens is 1. The second-order valence-corrected chi connectivity index (χ2v) is 4.30. The lowest BCUT2D eigenvalue weighted by Crippen LogP contribution is -2.04. The average molecular weight is 302 g/mol. The van der Waals surface area contributed by atoms with Crippen molar-refractivity contribution in [3.8, 4) is 0 Å². The molecule has 1 aromatic heterocycles. The fourth-order valence-corrected chi connectivity index (χ4v) is 1.81. The molecule has 6 nitrogen and oxygen atoms in total. The number of ether oxygens (including phenoxy) is 2. The lowest BCUT2D eigenvalue weighted by atomic mass is 10.2. The molecule has 0 aliphatic heterocycles. The zero-order chi connectivity index (χ0) is 15.8. The van der Waals surface area contributed by atoms with E-state index < -0.39 is 0 Å². The minimum Gasteiger partial charge on any atom is -0.473 e. The zero-order valence-electron chi connectivity index (χ0n) is 12.3. The third-order valence-corrected chi connectivity index (χ3v) is 2.74. The van der Waals surface area contributed by atoms with Crippen LogP contribution in [-0.2, 0) is 14.3 Å². The molecule has 2 N–H and O–H groups in total. The first kappa shape index (κ1) is 15.7. The number of carbonyl (C=O) groups excluding carboxylic acids is 1. The number of aromatic amines is 1. The molecular formula is C16H18N2O4. The number of carbonyl (C=O) groups is 1. The summed E-state index contributed by atoms with van der Waals surface area (Å²) in [5.74, 6) is -0.369. The first-order valence-electron chi connectivity index (χ1n) is 6.81. The highest BCUT2D eigenvalue weighted by Crippen LogP contribution is 2.20. The molecule has 0 fully saturated rings. The minimum absolute atomic E-state index is 0.0591. The van der Waals surface area contributed by atoms with E-state index in [1.165, 1.54) is 6.26 Å². The molecule has 0 aliphatic rings. The van der Waals surface area contributed by atoms with Gasteiger partial charge in [-0.05, 0) is 37.3 Å². The van der Waals surface area contributed by atoms with E-state index in [2.05, 4.69) is 17.0 Å². The smallest absolute Gasteiger partial charge is 0.354 e. The molecular weight excluding hydrogens is 284 g/mol. The first-order chi connectivity index (χ1) is 10.7. The molecule has 0 aliphatic carbocycles. The highest BCUT2D eigenvalue weighted by molar-refractivity contribution is 5.95. The van der Waals surface area contributed by atoms with Gasteiger partial charge in [0.15, 0.2) is 0 Å². The molecule has 22 heavy (non-hydrogen) atoms. The summed E-state index contributed by atoms with van der Waals surface area (Å²) in [6, 6.07) is 7.27. The number of fused-ring (bicyclic) bond motifs is 1. The van der Waals surface area contributed by atoms with Crippen molar-refractivity contribution in [2.24, 2.45) is 0 Å².